The maximum Gasteiger partial charge on any atom is 0.113 e. The second-order valence-corrected chi connectivity index (χ2v) is 8.69. The Bertz CT molecular complexity index is 507. The zero-order valence-corrected chi connectivity index (χ0v) is 16.7. The fraction of sp³-hybridized carbons (Fsp3) is 0.900. The van der Waals surface area contributed by atoms with E-state index in [4.69, 9.17) is 12.6 Å². The van der Waals surface area contributed by atoms with E-state index >= 15 is 0 Å². The van der Waals surface area contributed by atoms with Crippen molar-refractivity contribution in [1.82, 2.24) is 26.6 Å². The third kappa shape index (κ3) is 4.77. The first-order valence-corrected chi connectivity index (χ1v) is 10.9. The van der Waals surface area contributed by atoms with Gasteiger partial charge in [0.25, 0.3) is 0 Å². The Labute approximate surface area is 165 Å². The van der Waals surface area contributed by atoms with Crippen LogP contribution in [-0.2, 0) is 4.74 Å². The Morgan fingerprint density at radius 1 is 1.26 bits per heavy atom. The van der Waals surface area contributed by atoms with Crippen molar-refractivity contribution in [3.63, 3.8) is 0 Å². The van der Waals surface area contributed by atoms with E-state index in [1.165, 1.54) is 32.1 Å². The van der Waals surface area contributed by atoms with E-state index in [2.05, 4.69) is 32.7 Å². The molecule has 4 aliphatic rings. The summed E-state index contributed by atoms with van der Waals surface area (Å²) in [5.41, 5.74) is 1.63. The first-order chi connectivity index (χ1) is 13.3. The molecule has 3 aliphatic heterocycles. The average molecular weight is 373 g/mol. The molecule has 0 aromatic rings. The van der Waals surface area contributed by atoms with Crippen LogP contribution in [0.2, 0.25) is 6.32 Å². The zero-order valence-electron chi connectivity index (χ0n) is 16.7. The minimum atomic E-state index is 0.110. The summed E-state index contributed by atoms with van der Waals surface area (Å²) in [7, 11) is 7.96. The van der Waals surface area contributed by atoms with Gasteiger partial charge < -0.3 is 15.4 Å². The zero-order chi connectivity index (χ0) is 18.6. The third-order valence-electron chi connectivity index (χ3n) is 6.92. The molecule has 1 aliphatic carbocycles. The van der Waals surface area contributed by atoms with Gasteiger partial charge in [-0.1, -0.05) is 18.0 Å². The van der Waals surface area contributed by atoms with Gasteiger partial charge in [0, 0.05) is 31.2 Å². The number of hydrogen-bond donors (Lipinski definition) is 5. The summed E-state index contributed by atoms with van der Waals surface area (Å²) in [5.74, 6) is 1.25. The Morgan fingerprint density at radius 3 is 3.04 bits per heavy atom. The highest BCUT2D eigenvalue weighted by Gasteiger charge is 2.43. The predicted molar refractivity (Wildman–Crippen MR) is 110 cm³/mol. The van der Waals surface area contributed by atoms with Crippen molar-refractivity contribution >= 4 is 7.85 Å². The average Bonchev–Trinajstić information content (AvgIpc) is 3.00. The molecule has 0 spiro atoms. The Morgan fingerprint density at radius 2 is 2.19 bits per heavy atom. The molecule has 6 nitrogen and oxygen atoms in total. The summed E-state index contributed by atoms with van der Waals surface area (Å²) in [5, 5.41) is 18.0. The number of nitrogens with one attached hydrogen (secondary N) is 5. The lowest BCUT2D eigenvalue weighted by Crippen LogP contribution is -2.68. The fourth-order valence-corrected chi connectivity index (χ4v) is 5.52. The van der Waals surface area contributed by atoms with E-state index < -0.39 is 0 Å². The second-order valence-electron chi connectivity index (χ2n) is 8.69. The van der Waals surface area contributed by atoms with Gasteiger partial charge in [-0.2, -0.15) is 0 Å². The molecule has 3 heterocycles. The number of ether oxygens (including phenoxy) is 1. The summed E-state index contributed by atoms with van der Waals surface area (Å²) in [6.45, 7) is 3.07. The number of rotatable bonds is 5. The van der Waals surface area contributed by atoms with Crippen molar-refractivity contribution in [2.24, 2.45) is 11.8 Å². The second kappa shape index (κ2) is 9.38. The van der Waals surface area contributed by atoms with Gasteiger partial charge in [0.2, 0.25) is 0 Å². The van der Waals surface area contributed by atoms with Crippen LogP contribution in [0, 0.1) is 11.8 Å². The van der Waals surface area contributed by atoms with E-state index in [0.29, 0.717) is 42.5 Å². The van der Waals surface area contributed by atoms with Gasteiger partial charge in [-0.3, -0.25) is 16.0 Å². The van der Waals surface area contributed by atoms with Crippen molar-refractivity contribution < 1.29 is 4.74 Å². The highest BCUT2D eigenvalue weighted by molar-refractivity contribution is 6.08. The van der Waals surface area contributed by atoms with E-state index in [1.54, 1.807) is 5.57 Å². The van der Waals surface area contributed by atoms with Crippen LogP contribution in [0.4, 0.5) is 0 Å². The van der Waals surface area contributed by atoms with Gasteiger partial charge >= 0.3 is 0 Å². The standard InChI is InChI=1S/C20H36BN5O/c1-22-18-11-16(12-21)25-20(26-18)24-15-9-14-5-8-27-19(14)17(10-15)13-3-2-6-23-7-4-13/h4,14-20,22-26H,2-3,5-12H2,1H3. The largest absolute Gasteiger partial charge is 0.377 e. The minimum absolute atomic E-state index is 0.110. The molecule has 27 heavy (non-hydrogen) atoms. The molecule has 150 valence electrons. The first-order valence-electron chi connectivity index (χ1n) is 10.9. The molecule has 2 radical (unpaired) electrons. The van der Waals surface area contributed by atoms with Crippen LogP contribution >= 0.6 is 0 Å². The van der Waals surface area contributed by atoms with E-state index in [1.807, 2.05) is 7.05 Å². The molecule has 4 rings (SSSR count). The molecule has 0 amide bonds. The molecule has 5 N–H and O–H groups in total. The molecule has 7 heteroatoms. The normalized spacial score (nSPS) is 43.0. The van der Waals surface area contributed by atoms with Gasteiger partial charge in [-0.05, 0) is 58.0 Å². The van der Waals surface area contributed by atoms with Crippen LogP contribution in [0.5, 0.6) is 0 Å². The van der Waals surface area contributed by atoms with Crippen molar-refractivity contribution in [3.05, 3.63) is 11.6 Å². The molecule has 0 aromatic carbocycles. The Balaban J connectivity index is 1.42. The molecule has 0 aromatic heterocycles. The SMILES string of the molecule is [B]CC1CC(NC)NC(NC2CC3CCOC3C(C3=CCNCCC3)C2)N1. The van der Waals surface area contributed by atoms with Crippen LogP contribution in [-0.4, -0.2) is 65.2 Å². The highest BCUT2D eigenvalue weighted by Crippen LogP contribution is 2.42. The quantitative estimate of drug-likeness (QED) is 0.356. The van der Waals surface area contributed by atoms with Crippen LogP contribution < -0.4 is 26.6 Å². The van der Waals surface area contributed by atoms with Crippen molar-refractivity contribution in [1.29, 1.82) is 0 Å². The smallest absolute Gasteiger partial charge is 0.113 e. The van der Waals surface area contributed by atoms with Gasteiger partial charge in [0.15, 0.2) is 0 Å². The highest BCUT2D eigenvalue weighted by atomic mass is 16.5. The lowest BCUT2D eigenvalue weighted by molar-refractivity contribution is 0.0177. The van der Waals surface area contributed by atoms with Gasteiger partial charge in [-0.15, -0.1) is 0 Å². The first kappa shape index (κ1) is 19.9. The summed E-state index contributed by atoms with van der Waals surface area (Å²) in [4.78, 5) is 0. The summed E-state index contributed by atoms with van der Waals surface area (Å²) < 4.78 is 6.22. The van der Waals surface area contributed by atoms with Crippen LogP contribution in [0.15, 0.2) is 11.6 Å². The lowest BCUT2D eigenvalue weighted by atomic mass is 9.72. The van der Waals surface area contributed by atoms with Crippen LogP contribution in [0.25, 0.3) is 0 Å². The molecule has 7 atom stereocenters. The molecular formula is C20H36BN5O. The van der Waals surface area contributed by atoms with Crippen molar-refractivity contribution in [2.75, 3.05) is 26.7 Å². The Hall–Kier alpha value is -0.435. The van der Waals surface area contributed by atoms with E-state index in [-0.39, 0.29) is 6.29 Å². The number of fused-ring (bicyclic) bond motifs is 1. The maximum atomic E-state index is 6.22. The molecule has 1 saturated carbocycles. The summed E-state index contributed by atoms with van der Waals surface area (Å²) in [6, 6.07) is 0.855. The monoisotopic (exact) mass is 373 g/mol. The number of hydrogen-bond acceptors (Lipinski definition) is 6. The van der Waals surface area contributed by atoms with Crippen molar-refractivity contribution in [3.8, 4) is 0 Å². The summed E-state index contributed by atoms with van der Waals surface area (Å²) in [6.07, 6.45) is 11.0. The summed E-state index contributed by atoms with van der Waals surface area (Å²) >= 11 is 0. The molecular weight excluding hydrogens is 337 g/mol. The van der Waals surface area contributed by atoms with Crippen LogP contribution in [0.1, 0.15) is 38.5 Å². The Kier molecular flexibility index (Phi) is 6.90. The van der Waals surface area contributed by atoms with Crippen LogP contribution in [0.3, 0.4) is 0 Å². The molecule has 2 saturated heterocycles. The fourth-order valence-electron chi connectivity index (χ4n) is 5.52. The van der Waals surface area contributed by atoms with Gasteiger partial charge in [-0.25, -0.2) is 0 Å². The van der Waals surface area contributed by atoms with Gasteiger partial charge in [0.05, 0.1) is 20.1 Å². The topological polar surface area (TPSA) is 69.4 Å². The lowest BCUT2D eigenvalue weighted by Gasteiger charge is -2.43. The van der Waals surface area contributed by atoms with E-state index in [9.17, 15) is 0 Å². The van der Waals surface area contributed by atoms with Crippen molar-refractivity contribution in [2.45, 2.75) is 75.5 Å². The van der Waals surface area contributed by atoms with Gasteiger partial charge in [0.1, 0.15) is 6.29 Å². The minimum Gasteiger partial charge on any atom is -0.377 e. The van der Waals surface area contributed by atoms with E-state index in [0.717, 1.165) is 26.1 Å². The molecule has 0 bridgehead atoms. The molecule has 3 fully saturated rings. The molecule has 7 unspecified atom stereocenters. The maximum absolute atomic E-state index is 6.22. The predicted octanol–water partition coefficient (Wildman–Crippen LogP) is 0.437. The third-order valence-corrected chi connectivity index (χ3v) is 6.92.